The monoisotopic (exact) mass is 427 g/mol. The maximum absolute atomic E-state index is 12.8. The lowest BCUT2D eigenvalue weighted by Gasteiger charge is -2.20. The fourth-order valence-electron chi connectivity index (χ4n) is 3.37. The van der Waals surface area contributed by atoms with E-state index in [9.17, 15) is 14.4 Å². The van der Waals surface area contributed by atoms with E-state index in [4.69, 9.17) is 0 Å². The number of rotatable bonds is 6. The predicted octanol–water partition coefficient (Wildman–Crippen LogP) is 3.50. The summed E-state index contributed by atoms with van der Waals surface area (Å²) in [5.41, 5.74) is 2.52. The number of benzene rings is 2. The van der Waals surface area contributed by atoms with Gasteiger partial charge in [0.05, 0.1) is 5.69 Å². The summed E-state index contributed by atoms with van der Waals surface area (Å²) in [6.07, 6.45) is 3.30. The van der Waals surface area contributed by atoms with Crippen molar-refractivity contribution < 1.29 is 14.4 Å². The van der Waals surface area contributed by atoms with Gasteiger partial charge in [0, 0.05) is 35.8 Å². The number of hydrogen-bond acceptors (Lipinski definition) is 6. The number of hydrazone groups is 1. The van der Waals surface area contributed by atoms with Crippen molar-refractivity contribution in [3.05, 3.63) is 84.7 Å². The Morgan fingerprint density at radius 3 is 2.19 bits per heavy atom. The van der Waals surface area contributed by atoms with Crippen molar-refractivity contribution in [2.24, 2.45) is 5.10 Å². The molecule has 3 aromatic rings. The van der Waals surface area contributed by atoms with E-state index >= 15 is 0 Å². The normalized spacial score (nSPS) is 15.1. The maximum Gasteiger partial charge on any atom is 0.271 e. The van der Waals surface area contributed by atoms with E-state index in [1.54, 1.807) is 53.8 Å². The molecule has 160 valence electrons. The van der Waals surface area contributed by atoms with Crippen molar-refractivity contribution in [1.82, 2.24) is 4.98 Å². The molecule has 2 N–H and O–H groups in total. The standard InChI is InChI=1S/C24H21N5O3/c1-16(30)22-15-21(28-29(22)20-8-3-2-4-9-20)24(32)27-19-7-5-6-18(14-19)26-23(31)17-10-12-25-13-11-17/h2-14,22H,15H2,1H3,(H,26,31)(H,27,32). The number of anilines is 3. The van der Waals surface area contributed by atoms with Crippen molar-refractivity contribution in [2.45, 2.75) is 19.4 Å². The second-order valence-corrected chi connectivity index (χ2v) is 7.28. The van der Waals surface area contributed by atoms with Crippen LogP contribution in [-0.4, -0.2) is 34.3 Å². The Kier molecular flexibility index (Phi) is 6.03. The third-order valence-corrected chi connectivity index (χ3v) is 4.98. The average molecular weight is 427 g/mol. The molecule has 8 nitrogen and oxygen atoms in total. The van der Waals surface area contributed by atoms with Crippen LogP contribution in [-0.2, 0) is 9.59 Å². The van der Waals surface area contributed by atoms with Gasteiger partial charge in [-0.2, -0.15) is 5.10 Å². The number of amides is 2. The zero-order chi connectivity index (χ0) is 22.5. The molecule has 1 unspecified atom stereocenters. The lowest BCUT2D eigenvalue weighted by Crippen LogP contribution is -2.33. The van der Waals surface area contributed by atoms with Crippen molar-refractivity contribution in [2.75, 3.05) is 15.6 Å². The molecule has 2 heterocycles. The van der Waals surface area contributed by atoms with E-state index in [0.29, 0.717) is 16.9 Å². The van der Waals surface area contributed by atoms with E-state index in [-0.39, 0.29) is 23.8 Å². The van der Waals surface area contributed by atoms with Gasteiger partial charge >= 0.3 is 0 Å². The van der Waals surface area contributed by atoms with Crippen LogP contribution in [0.25, 0.3) is 0 Å². The van der Waals surface area contributed by atoms with Crippen LogP contribution in [0, 0.1) is 0 Å². The SMILES string of the molecule is CC(=O)C1CC(C(=O)Nc2cccc(NC(=O)c3ccncc3)c2)=NN1c1ccccc1. The summed E-state index contributed by atoms with van der Waals surface area (Å²) in [5, 5.41) is 11.6. The highest BCUT2D eigenvalue weighted by Crippen LogP contribution is 2.25. The van der Waals surface area contributed by atoms with Crippen LogP contribution in [0.5, 0.6) is 0 Å². The van der Waals surface area contributed by atoms with E-state index in [1.807, 2.05) is 30.3 Å². The average Bonchev–Trinajstić information content (AvgIpc) is 3.27. The van der Waals surface area contributed by atoms with Crippen LogP contribution in [0.3, 0.4) is 0 Å². The number of hydrogen-bond donors (Lipinski definition) is 2. The summed E-state index contributed by atoms with van der Waals surface area (Å²) in [6, 6.07) is 18.8. The summed E-state index contributed by atoms with van der Waals surface area (Å²) in [6.45, 7) is 1.49. The van der Waals surface area contributed by atoms with Gasteiger partial charge in [-0.25, -0.2) is 0 Å². The van der Waals surface area contributed by atoms with Gasteiger partial charge in [-0.1, -0.05) is 24.3 Å². The zero-order valence-corrected chi connectivity index (χ0v) is 17.4. The van der Waals surface area contributed by atoms with Crippen LogP contribution in [0.2, 0.25) is 0 Å². The van der Waals surface area contributed by atoms with Gasteiger partial charge in [-0.3, -0.25) is 24.4 Å². The minimum absolute atomic E-state index is 0.0683. The molecular weight excluding hydrogens is 406 g/mol. The van der Waals surface area contributed by atoms with Gasteiger partial charge in [-0.05, 0) is 49.4 Å². The first-order chi connectivity index (χ1) is 15.5. The highest BCUT2D eigenvalue weighted by molar-refractivity contribution is 6.44. The summed E-state index contributed by atoms with van der Waals surface area (Å²) < 4.78 is 0. The van der Waals surface area contributed by atoms with Gasteiger partial charge in [0.25, 0.3) is 11.8 Å². The van der Waals surface area contributed by atoms with E-state index < -0.39 is 11.9 Å². The quantitative estimate of drug-likeness (QED) is 0.627. The highest BCUT2D eigenvalue weighted by Gasteiger charge is 2.34. The molecule has 0 radical (unpaired) electrons. The van der Waals surface area contributed by atoms with Gasteiger partial charge < -0.3 is 10.6 Å². The second kappa shape index (κ2) is 9.22. The molecule has 0 saturated carbocycles. The number of carbonyl (C=O) groups excluding carboxylic acids is 3. The lowest BCUT2D eigenvalue weighted by molar-refractivity contribution is -0.118. The molecular formula is C24H21N5O3. The number of nitrogens with zero attached hydrogens (tertiary/aromatic N) is 3. The molecule has 2 aromatic carbocycles. The van der Waals surface area contributed by atoms with Crippen LogP contribution < -0.4 is 15.6 Å². The van der Waals surface area contributed by atoms with Crippen molar-refractivity contribution >= 4 is 40.4 Å². The molecule has 4 rings (SSSR count). The topological polar surface area (TPSA) is 104 Å². The molecule has 0 aliphatic carbocycles. The van der Waals surface area contributed by atoms with Crippen LogP contribution in [0.15, 0.2) is 84.2 Å². The summed E-state index contributed by atoms with van der Waals surface area (Å²) in [7, 11) is 0. The highest BCUT2D eigenvalue weighted by atomic mass is 16.2. The van der Waals surface area contributed by atoms with Gasteiger partial charge in [-0.15, -0.1) is 0 Å². The maximum atomic E-state index is 12.8. The third-order valence-electron chi connectivity index (χ3n) is 4.98. The van der Waals surface area contributed by atoms with Crippen LogP contribution >= 0.6 is 0 Å². The number of pyridine rings is 1. The Labute approximate surface area is 185 Å². The predicted molar refractivity (Wildman–Crippen MR) is 123 cm³/mol. The van der Waals surface area contributed by atoms with Gasteiger partial charge in [0.1, 0.15) is 11.8 Å². The van der Waals surface area contributed by atoms with E-state index in [1.165, 1.54) is 6.92 Å². The summed E-state index contributed by atoms with van der Waals surface area (Å²) in [5.74, 6) is -0.743. The molecule has 2 amide bonds. The summed E-state index contributed by atoms with van der Waals surface area (Å²) in [4.78, 5) is 41.2. The van der Waals surface area contributed by atoms with Gasteiger partial charge in [0.2, 0.25) is 0 Å². The Bertz CT molecular complexity index is 1180. The smallest absolute Gasteiger partial charge is 0.271 e. The minimum atomic E-state index is -0.524. The minimum Gasteiger partial charge on any atom is -0.322 e. The Hall–Kier alpha value is -4.33. The van der Waals surface area contributed by atoms with Crippen LogP contribution in [0.4, 0.5) is 17.1 Å². The third kappa shape index (κ3) is 4.70. The first kappa shape index (κ1) is 20.9. The zero-order valence-electron chi connectivity index (χ0n) is 17.4. The Morgan fingerprint density at radius 1 is 0.875 bits per heavy atom. The molecule has 1 aliphatic heterocycles. The van der Waals surface area contributed by atoms with Crippen LogP contribution in [0.1, 0.15) is 23.7 Å². The molecule has 32 heavy (non-hydrogen) atoms. The first-order valence-electron chi connectivity index (χ1n) is 10.1. The number of aromatic nitrogens is 1. The number of para-hydroxylation sites is 1. The molecule has 1 aliphatic rings. The molecule has 0 fully saturated rings. The van der Waals surface area contributed by atoms with Crippen molar-refractivity contribution in [1.29, 1.82) is 0 Å². The molecule has 0 spiro atoms. The first-order valence-corrected chi connectivity index (χ1v) is 10.1. The Balaban J connectivity index is 1.47. The van der Waals surface area contributed by atoms with Crippen molar-refractivity contribution in [3.63, 3.8) is 0 Å². The number of ketones is 1. The van der Waals surface area contributed by atoms with Gasteiger partial charge in [0.15, 0.2) is 5.78 Å². The lowest BCUT2D eigenvalue weighted by atomic mass is 10.1. The largest absolute Gasteiger partial charge is 0.322 e. The number of carbonyl (C=O) groups is 3. The van der Waals surface area contributed by atoms with Crippen molar-refractivity contribution in [3.8, 4) is 0 Å². The molecule has 0 bridgehead atoms. The molecule has 0 saturated heterocycles. The number of nitrogens with one attached hydrogen (secondary N) is 2. The molecule has 1 aromatic heterocycles. The van der Waals surface area contributed by atoms with E-state index in [0.717, 1.165) is 5.69 Å². The van der Waals surface area contributed by atoms with E-state index in [2.05, 4.69) is 20.7 Å². The molecule has 1 atom stereocenters. The second-order valence-electron chi connectivity index (χ2n) is 7.28. The fourth-order valence-corrected chi connectivity index (χ4v) is 3.37. The number of Topliss-reactive ketones (excluding diaryl/α,β-unsaturated/α-hetero) is 1. The summed E-state index contributed by atoms with van der Waals surface area (Å²) >= 11 is 0. The fraction of sp³-hybridized carbons (Fsp3) is 0.125. The molecule has 8 heteroatoms. The Morgan fingerprint density at radius 2 is 1.53 bits per heavy atom.